The van der Waals surface area contributed by atoms with Crippen LogP contribution in [0.5, 0.6) is 5.75 Å². The van der Waals surface area contributed by atoms with Crippen molar-refractivity contribution < 1.29 is 9.90 Å². The van der Waals surface area contributed by atoms with E-state index in [9.17, 15) is 9.90 Å². The quantitative estimate of drug-likeness (QED) is 0.878. The molecule has 1 aromatic heterocycles. The number of aryl methyl sites for hydroxylation is 2. The Bertz CT molecular complexity index is 594. The number of rotatable bonds is 3. The molecule has 0 aliphatic heterocycles. The van der Waals surface area contributed by atoms with Crippen molar-refractivity contribution in [2.24, 2.45) is 0 Å². The average molecular weight is 257 g/mol. The van der Waals surface area contributed by atoms with Crippen LogP contribution >= 0.6 is 0 Å². The number of carbonyl (C=O) groups excluding carboxylic acids is 1. The van der Waals surface area contributed by atoms with Crippen LogP contribution in [-0.2, 0) is 6.54 Å². The highest BCUT2D eigenvalue weighted by Crippen LogP contribution is 2.10. The molecule has 2 rings (SSSR count). The molecule has 0 aliphatic rings. The monoisotopic (exact) mass is 257 g/mol. The minimum absolute atomic E-state index is 0.177. The number of hydrogen-bond donors (Lipinski definition) is 2. The highest BCUT2D eigenvalue weighted by molar-refractivity contribution is 5.95. The van der Waals surface area contributed by atoms with E-state index in [0.29, 0.717) is 23.5 Å². The zero-order valence-electron chi connectivity index (χ0n) is 10.8. The van der Waals surface area contributed by atoms with Crippen LogP contribution in [0.2, 0.25) is 0 Å². The van der Waals surface area contributed by atoms with Crippen LogP contribution in [0.3, 0.4) is 0 Å². The number of benzene rings is 1. The van der Waals surface area contributed by atoms with Gasteiger partial charge in [-0.15, -0.1) is 0 Å². The van der Waals surface area contributed by atoms with E-state index < -0.39 is 0 Å². The first-order valence-electron chi connectivity index (χ1n) is 5.93. The van der Waals surface area contributed by atoms with Gasteiger partial charge in [0.25, 0.3) is 5.91 Å². The maximum Gasteiger partial charge on any atom is 0.253 e. The van der Waals surface area contributed by atoms with Crippen molar-refractivity contribution in [3.63, 3.8) is 0 Å². The smallest absolute Gasteiger partial charge is 0.253 e. The summed E-state index contributed by atoms with van der Waals surface area (Å²) in [5.74, 6) is 0.0310. The van der Waals surface area contributed by atoms with E-state index in [1.54, 1.807) is 44.2 Å². The average Bonchev–Trinajstić information content (AvgIpc) is 2.40. The molecule has 2 aromatic rings. The standard InChI is InChI=1S/C14H15N3O2/c1-9-7-13(10(2)17-16-9)14(19)15-8-11-3-5-12(18)6-4-11/h3-7,18H,8H2,1-2H3,(H,15,19). The number of aromatic nitrogens is 2. The first kappa shape index (κ1) is 13.0. The summed E-state index contributed by atoms with van der Waals surface area (Å²) in [6, 6.07) is 8.42. The van der Waals surface area contributed by atoms with Crippen molar-refractivity contribution in [2.45, 2.75) is 20.4 Å². The second kappa shape index (κ2) is 5.48. The van der Waals surface area contributed by atoms with Gasteiger partial charge in [0.05, 0.1) is 17.0 Å². The third kappa shape index (κ3) is 3.28. The van der Waals surface area contributed by atoms with Gasteiger partial charge in [-0.3, -0.25) is 4.79 Å². The van der Waals surface area contributed by atoms with Gasteiger partial charge in [0, 0.05) is 6.54 Å². The lowest BCUT2D eigenvalue weighted by molar-refractivity contribution is 0.0949. The molecule has 19 heavy (non-hydrogen) atoms. The van der Waals surface area contributed by atoms with Gasteiger partial charge in [-0.05, 0) is 37.6 Å². The van der Waals surface area contributed by atoms with Crippen molar-refractivity contribution in [2.75, 3.05) is 0 Å². The van der Waals surface area contributed by atoms with Crippen LogP contribution in [0, 0.1) is 13.8 Å². The first-order chi connectivity index (χ1) is 9.06. The SMILES string of the molecule is Cc1cc(C(=O)NCc2ccc(O)cc2)c(C)nn1. The molecule has 0 aliphatic carbocycles. The number of aromatic hydroxyl groups is 1. The molecule has 0 radical (unpaired) electrons. The van der Waals surface area contributed by atoms with E-state index >= 15 is 0 Å². The van der Waals surface area contributed by atoms with Gasteiger partial charge in [0.15, 0.2) is 0 Å². The van der Waals surface area contributed by atoms with Crippen molar-refractivity contribution in [1.29, 1.82) is 0 Å². The maximum atomic E-state index is 12.0. The second-order valence-electron chi connectivity index (χ2n) is 4.33. The van der Waals surface area contributed by atoms with Gasteiger partial charge >= 0.3 is 0 Å². The van der Waals surface area contributed by atoms with E-state index in [-0.39, 0.29) is 11.7 Å². The van der Waals surface area contributed by atoms with Crippen molar-refractivity contribution in [3.8, 4) is 5.75 Å². The number of amides is 1. The lowest BCUT2D eigenvalue weighted by Crippen LogP contribution is -2.24. The molecular formula is C14H15N3O2. The van der Waals surface area contributed by atoms with Crippen LogP contribution < -0.4 is 5.32 Å². The van der Waals surface area contributed by atoms with Crippen molar-refractivity contribution >= 4 is 5.91 Å². The van der Waals surface area contributed by atoms with Crippen LogP contribution in [-0.4, -0.2) is 21.2 Å². The molecule has 0 unspecified atom stereocenters. The van der Waals surface area contributed by atoms with Gasteiger partial charge in [-0.2, -0.15) is 10.2 Å². The number of hydrogen-bond acceptors (Lipinski definition) is 4. The Morgan fingerprint density at radius 3 is 2.58 bits per heavy atom. The summed E-state index contributed by atoms with van der Waals surface area (Å²) in [4.78, 5) is 12.0. The van der Waals surface area contributed by atoms with Gasteiger partial charge in [-0.25, -0.2) is 0 Å². The van der Waals surface area contributed by atoms with E-state index in [1.807, 2.05) is 0 Å². The fourth-order valence-corrected chi connectivity index (χ4v) is 1.67. The highest BCUT2D eigenvalue weighted by atomic mass is 16.3. The number of carbonyl (C=O) groups is 1. The Morgan fingerprint density at radius 1 is 1.21 bits per heavy atom. The van der Waals surface area contributed by atoms with Crippen molar-refractivity contribution in [1.82, 2.24) is 15.5 Å². The van der Waals surface area contributed by atoms with Crippen LogP contribution in [0.1, 0.15) is 27.3 Å². The summed E-state index contributed by atoms with van der Waals surface area (Å²) in [5, 5.41) is 19.8. The van der Waals surface area contributed by atoms with Gasteiger partial charge in [0.1, 0.15) is 5.75 Å². The summed E-state index contributed by atoms with van der Waals surface area (Å²) in [6.07, 6.45) is 0. The Hall–Kier alpha value is -2.43. The molecule has 0 saturated carbocycles. The van der Waals surface area contributed by atoms with Gasteiger partial charge < -0.3 is 10.4 Å². The molecule has 0 saturated heterocycles. The highest BCUT2D eigenvalue weighted by Gasteiger charge is 2.10. The number of phenols is 1. The van der Waals surface area contributed by atoms with Gasteiger partial charge in [-0.1, -0.05) is 12.1 Å². The molecule has 0 atom stereocenters. The van der Waals surface area contributed by atoms with E-state index in [4.69, 9.17) is 0 Å². The lowest BCUT2D eigenvalue weighted by atomic mass is 10.1. The van der Waals surface area contributed by atoms with E-state index in [2.05, 4.69) is 15.5 Å². The summed E-state index contributed by atoms with van der Waals surface area (Å²) in [6.45, 7) is 3.95. The number of nitrogens with one attached hydrogen (secondary N) is 1. The zero-order valence-corrected chi connectivity index (χ0v) is 10.8. The Labute approximate surface area is 111 Å². The molecule has 0 spiro atoms. The predicted molar refractivity (Wildman–Crippen MR) is 70.8 cm³/mol. The second-order valence-corrected chi connectivity index (χ2v) is 4.33. The van der Waals surface area contributed by atoms with E-state index in [1.165, 1.54) is 0 Å². The fraction of sp³-hybridized carbons (Fsp3) is 0.214. The summed E-state index contributed by atoms with van der Waals surface area (Å²) < 4.78 is 0. The molecule has 2 N–H and O–H groups in total. The molecule has 0 bridgehead atoms. The Kier molecular flexibility index (Phi) is 3.75. The fourth-order valence-electron chi connectivity index (χ4n) is 1.67. The largest absolute Gasteiger partial charge is 0.508 e. The predicted octanol–water partition coefficient (Wildman–Crippen LogP) is 1.73. The molecule has 5 nitrogen and oxygen atoms in total. The molecule has 98 valence electrons. The first-order valence-corrected chi connectivity index (χ1v) is 5.93. The van der Waals surface area contributed by atoms with Crippen molar-refractivity contribution in [3.05, 3.63) is 52.8 Å². The lowest BCUT2D eigenvalue weighted by Gasteiger charge is -2.07. The third-order valence-corrected chi connectivity index (χ3v) is 2.73. The van der Waals surface area contributed by atoms with Crippen LogP contribution in [0.4, 0.5) is 0 Å². The van der Waals surface area contributed by atoms with Crippen LogP contribution in [0.25, 0.3) is 0 Å². The molecule has 0 fully saturated rings. The normalized spacial score (nSPS) is 10.2. The zero-order chi connectivity index (χ0) is 13.8. The summed E-state index contributed by atoms with van der Waals surface area (Å²) in [7, 11) is 0. The molecule has 1 amide bonds. The minimum Gasteiger partial charge on any atom is -0.508 e. The van der Waals surface area contributed by atoms with Crippen LogP contribution in [0.15, 0.2) is 30.3 Å². The number of phenolic OH excluding ortho intramolecular Hbond substituents is 1. The molecule has 1 aromatic carbocycles. The Balaban J connectivity index is 2.05. The molecule has 1 heterocycles. The third-order valence-electron chi connectivity index (χ3n) is 2.73. The molecule has 5 heteroatoms. The minimum atomic E-state index is -0.177. The van der Waals surface area contributed by atoms with E-state index in [0.717, 1.165) is 5.56 Å². The maximum absolute atomic E-state index is 12.0. The Morgan fingerprint density at radius 2 is 1.89 bits per heavy atom. The van der Waals surface area contributed by atoms with Gasteiger partial charge in [0.2, 0.25) is 0 Å². The summed E-state index contributed by atoms with van der Waals surface area (Å²) in [5.41, 5.74) is 2.77. The topological polar surface area (TPSA) is 75.1 Å². The summed E-state index contributed by atoms with van der Waals surface area (Å²) >= 11 is 0. The molecular weight excluding hydrogens is 242 g/mol. The number of nitrogens with zero attached hydrogens (tertiary/aromatic N) is 2.